The molecular weight excluding hydrogens is 829 g/mol. The summed E-state index contributed by atoms with van der Waals surface area (Å²) in [7, 11) is 1.51. The lowest BCUT2D eigenvalue weighted by Crippen LogP contribution is -2.52. The molecule has 0 radical (unpaired) electrons. The Morgan fingerprint density at radius 3 is 2.51 bits per heavy atom. The predicted octanol–water partition coefficient (Wildman–Crippen LogP) is 5.66. The average Bonchev–Trinajstić information content (AvgIpc) is 3.61. The van der Waals surface area contributed by atoms with Crippen molar-refractivity contribution in [2.24, 2.45) is 0 Å². The number of benzene rings is 2. The Balaban J connectivity index is 0.748. The van der Waals surface area contributed by atoms with Crippen LogP contribution in [0.25, 0.3) is 10.9 Å². The van der Waals surface area contributed by atoms with Gasteiger partial charge in [-0.05, 0) is 120 Å². The third-order valence-corrected chi connectivity index (χ3v) is 13.8. The van der Waals surface area contributed by atoms with Crippen LogP contribution in [0.3, 0.4) is 0 Å². The number of pyridine rings is 1. The second-order valence-corrected chi connectivity index (χ2v) is 18.2. The van der Waals surface area contributed by atoms with Crippen molar-refractivity contribution < 1.29 is 28.2 Å². The van der Waals surface area contributed by atoms with Crippen LogP contribution < -0.4 is 31.1 Å². The third-order valence-electron chi connectivity index (χ3n) is 13.5. The molecule has 0 spiro atoms. The van der Waals surface area contributed by atoms with Crippen molar-refractivity contribution >= 4 is 57.7 Å². The van der Waals surface area contributed by atoms with E-state index in [1.54, 1.807) is 33.9 Å². The van der Waals surface area contributed by atoms with E-state index in [0.717, 1.165) is 82.0 Å². The summed E-state index contributed by atoms with van der Waals surface area (Å²) in [6.07, 6.45) is 8.84. The van der Waals surface area contributed by atoms with Gasteiger partial charge in [-0.1, -0.05) is 17.7 Å². The number of anilines is 3. The van der Waals surface area contributed by atoms with Crippen LogP contribution in [-0.2, 0) is 20.9 Å². The number of halogens is 2. The molecule has 4 aliphatic heterocycles. The lowest BCUT2D eigenvalue weighted by atomic mass is 9.83. The Morgan fingerprint density at radius 2 is 1.78 bits per heavy atom. The molecule has 63 heavy (non-hydrogen) atoms. The van der Waals surface area contributed by atoms with E-state index in [1.165, 1.54) is 7.05 Å². The van der Waals surface area contributed by atoms with Crippen LogP contribution >= 0.6 is 11.6 Å². The van der Waals surface area contributed by atoms with Crippen LogP contribution in [0, 0.1) is 5.82 Å². The van der Waals surface area contributed by atoms with Gasteiger partial charge >= 0.3 is 0 Å². The molecule has 1 aliphatic carbocycles. The van der Waals surface area contributed by atoms with Crippen molar-refractivity contribution in [2.75, 3.05) is 56.6 Å². The first kappa shape index (κ1) is 43.0. The predicted molar refractivity (Wildman–Crippen MR) is 237 cm³/mol. The van der Waals surface area contributed by atoms with Crippen LogP contribution in [0.1, 0.15) is 98.7 Å². The number of likely N-dealkylation sites (N-methyl/N-ethyl adjacent to an activating group) is 1. The molecular formula is C46H55ClFN9O6. The summed E-state index contributed by atoms with van der Waals surface area (Å²) in [5.41, 5.74) is 2.66. The van der Waals surface area contributed by atoms with Crippen LogP contribution in [-0.4, -0.2) is 113 Å². The van der Waals surface area contributed by atoms with Gasteiger partial charge in [0.25, 0.3) is 17.4 Å². The number of amides is 3. The van der Waals surface area contributed by atoms with Gasteiger partial charge in [-0.25, -0.2) is 9.37 Å². The summed E-state index contributed by atoms with van der Waals surface area (Å²) in [4.78, 5) is 66.3. The van der Waals surface area contributed by atoms with Crippen LogP contribution in [0.5, 0.6) is 5.75 Å². The summed E-state index contributed by atoms with van der Waals surface area (Å²) < 4.78 is 29.9. The van der Waals surface area contributed by atoms with E-state index < -0.39 is 6.04 Å². The molecule has 4 aromatic rings. The molecule has 15 nitrogen and oxygen atoms in total. The molecule has 2 aromatic heterocycles. The SMILES string of the molecule is CNC(=O)COc1cc2cc(Nc3nc(N4CCC(OC5CC(N6CCC(c7ccc8c(c7F)CN([C@@H]7CCCNC7=O)C8=O)CC6)C5)CC4)ncc3Cl)ccc2n(C(C)C)c1=O. The Kier molecular flexibility index (Phi) is 12.3. The first-order chi connectivity index (χ1) is 30.4. The molecule has 9 rings (SSSR count). The van der Waals surface area contributed by atoms with Crippen molar-refractivity contribution in [3.63, 3.8) is 0 Å². The van der Waals surface area contributed by atoms with Gasteiger partial charge in [0.1, 0.15) is 16.9 Å². The first-order valence-electron chi connectivity index (χ1n) is 22.3. The number of piperidine rings is 3. The Bertz CT molecular complexity index is 2460. The molecule has 1 atom stereocenters. The van der Waals surface area contributed by atoms with E-state index in [2.05, 4.69) is 30.7 Å². The number of likely N-dealkylation sites (tertiary alicyclic amines) is 1. The van der Waals surface area contributed by atoms with Gasteiger partial charge < -0.3 is 44.7 Å². The van der Waals surface area contributed by atoms with Crippen LogP contribution in [0.2, 0.25) is 5.02 Å². The van der Waals surface area contributed by atoms with E-state index >= 15 is 4.39 Å². The third kappa shape index (κ3) is 8.69. The lowest BCUT2D eigenvalue weighted by molar-refractivity contribution is -0.127. The van der Waals surface area contributed by atoms with Crippen molar-refractivity contribution in [2.45, 2.75) is 108 Å². The minimum atomic E-state index is -0.532. The highest BCUT2D eigenvalue weighted by Gasteiger charge is 2.41. The molecule has 2 aromatic carbocycles. The number of carbonyl (C=O) groups is 3. The van der Waals surface area contributed by atoms with Gasteiger partial charge in [0.15, 0.2) is 18.2 Å². The Morgan fingerprint density at radius 1 is 1.00 bits per heavy atom. The molecule has 0 unspecified atom stereocenters. The van der Waals surface area contributed by atoms with Gasteiger partial charge in [-0.15, -0.1) is 0 Å². The maximum atomic E-state index is 16.0. The summed E-state index contributed by atoms with van der Waals surface area (Å²) in [6.45, 7) is 7.65. The summed E-state index contributed by atoms with van der Waals surface area (Å²) in [5.74, 6) is 0.231. The highest BCUT2D eigenvalue weighted by Crippen LogP contribution is 2.39. The normalized spacial score (nSPS) is 22.3. The molecule has 6 heterocycles. The molecule has 5 aliphatic rings. The fraction of sp³-hybridized carbons (Fsp3) is 0.522. The monoisotopic (exact) mass is 883 g/mol. The maximum Gasteiger partial charge on any atom is 0.293 e. The first-order valence-corrected chi connectivity index (χ1v) is 22.7. The minimum Gasteiger partial charge on any atom is -0.478 e. The summed E-state index contributed by atoms with van der Waals surface area (Å²) >= 11 is 6.60. The number of ether oxygens (including phenoxy) is 2. The zero-order chi connectivity index (χ0) is 43.9. The molecule has 17 heteroatoms. The smallest absolute Gasteiger partial charge is 0.293 e. The highest BCUT2D eigenvalue weighted by atomic mass is 35.5. The fourth-order valence-electron chi connectivity index (χ4n) is 9.96. The number of aromatic nitrogens is 3. The van der Waals surface area contributed by atoms with Crippen LogP contribution in [0.4, 0.5) is 21.8 Å². The van der Waals surface area contributed by atoms with Gasteiger partial charge in [0.2, 0.25) is 11.9 Å². The largest absolute Gasteiger partial charge is 0.478 e. The van der Waals surface area contributed by atoms with Gasteiger partial charge in [-0.2, -0.15) is 4.98 Å². The van der Waals surface area contributed by atoms with Crippen molar-refractivity contribution in [1.29, 1.82) is 0 Å². The van der Waals surface area contributed by atoms with E-state index in [0.29, 0.717) is 58.2 Å². The number of hydrogen-bond acceptors (Lipinski definition) is 11. The van der Waals surface area contributed by atoms with E-state index in [9.17, 15) is 19.2 Å². The molecule has 3 amide bonds. The topological polar surface area (TPSA) is 163 Å². The maximum absolute atomic E-state index is 16.0. The number of nitrogens with one attached hydrogen (secondary N) is 3. The van der Waals surface area contributed by atoms with Gasteiger partial charge in [-0.3, -0.25) is 19.2 Å². The Hall–Kier alpha value is -5.32. The number of hydrogen-bond donors (Lipinski definition) is 3. The fourth-order valence-corrected chi connectivity index (χ4v) is 10.1. The van der Waals surface area contributed by atoms with Crippen molar-refractivity contribution in [3.05, 3.63) is 80.5 Å². The van der Waals surface area contributed by atoms with E-state index in [1.807, 2.05) is 32.0 Å². The average molecular weight is 884 g/mol. The van der Waals surface area contributed by atoms with Gasteiger partial charge in [0.05, 0.1) is 30.5 Å². The number of nitrogens with zero attached hydrogens (tertiary/aromatic N) is 6. The quantitative estimate of drug-likeness (QED) is 0.161. The second-order valence-electron chi connectivity index (χ2n) is 17.8. The number of carbonyl (C=O) groups excluding carboxylic acids is 3. The minimum absolute atomic E-state index is 0.0908. The zero-order valence-electron chi connectivity index (χ0n) is 36.0. The highest BCUT2D eigenvalue weighted by molar-refractivity contribution is 6.33. The van der Waals surface area contributed by atoms with Crippen LogP contribution in [0.15, 0.2) is 47.4 Å². The standard InChI is InChI=1S/C46H55ClFN9O6/c1-26(2)57-37-9-6-29(19-28(37)20-39(45(57)61)62-25-40(58)49-3)52-42-36(47)23-51-46(53-42)55-17-12-31(13-18-55)63-32-21-30(22-32)54-15-10-27(11-16-54)33-7-8-34-35(41(33)48)24-56(44(34)60)38-5-4-14-50-43(38)59/h6-9,19-20,23,26-27,30-32,38H,4-5,10-18,21-22,24-25H2,1-3H3,(H,49,58)(H,50,59)(H,51,52,53)/t30?,32?,38-/m1/s1. The van der Waals surface area contributed by atoms with E-state index in [4.69, 9.17) is 26.1 Å². The molecule has 3 N–H and O–H groups in total. The summed E-state index contributed by atoms with van der Waals surface area (Å²) in [6, 6.07) is 10.6. The number of rotatable bonds is 12. The molecule has 0 bridgehead atoms. The summed E-state index contributed by atoms with van der Waals surface area (Å²) in [5, 5.41) is 9.80. The zero-order valence-corrected chi connectivity index (χ0v) is 36.8. The molecule has 334 valence electrons. The van der Waals surface area contributed by atoms with E-state index in [-0.39, 0.29) is 72.2 Å². The lowest BCUT2D eigenvalue weighted by Gasteiger charge is -2.47. The molecule has 1 saturated carbocycles. The molecule has 3 saturated heterocycles. The van der Waals surface area contributed by atoms with Gasteiger partial charge in [0, 0.05) is 61.0 Å². The molecule has 4 fully saturated rings. The Labute approximate surface area is 370 Å². The number of fused-ring (bicyclic) bond motifs is 2. The van der Waals surface area contributed by atoms with Crippen molar-refractivity contribution in [3.8, 4) is 5.75 Å². The van der Waals surface area contributed by atoms with Crippen molar-refractivity contribution in [1.82, 2.24) is 35.0 Å². The second kappa shape index (κ2) is 18.0.